The fourth-order valence-corrected chi connectivity index (χ4v) is 2.04. The van der Waals surface area contributed by atoms with Gasteiger partial charge in [-0.2, -0.15) is 0 Å². The zero-order valence-corrected chi connectivity index (χ0v) is 11.6. The number of hydrogen-bond acceptors (Lipinski definition) is 3. The van der Waals surface area contributed by atoms with Gasteiger partial charge in [0.1, 0.15) is 0 Å². The van der Waals surface area contributed by atoms with Crippen molar-refractivity contribution < 1.29 is 9.53 Å². The SMILES string of the molecule is CCOC(=O)c1ccc(-c2ccccc2Cl)nc1C. The molecule has 2 aromatic rings. The van der Waals surface area contributed by atoms with Crippen molar-refractivity contribution in [2.24, 2.45) is 0 Å². The summed E-state index contributed by atoms with van der Waals surface area (Å²) in [5, 5.41) is 0.637. The Balaban J connectivity index is 2.39. The van der Waals surface area contributed by atoms with Crippen molar-refractivity contribution in [3.8, 4) is 11.3 Å². The van der Waals surface area contributed by atoms with Crippen molar-refractivity contribution in [1.29, 1.82) is 0 Å². The van der Waals surface area contributed by atoms with Crippen LogP contribution in [0.25, 0.3) is 11.3 Å². The number of pyridine rings is 1. The van der Waals surface area contributed by atoms with Crippen molar-refractivity contribution in [1.82, 2.24) is 4.98 Å². The number of benzene rings is 1. The Labute approximate surface area is 117 Å². The van der Waals surface area contributed by atoms with E-state index in [1.165, 1.54) is 0 Å². The lowest BCUT2D eigenvalue weighted by Gasteiger charge is -2.08. The summed E-state index contributed by atoms with van der Waals surface area (Å²) in [4.78, 5) is 16.1. The zero-order chi connectivity index (χ0) is 13.8. The quantitative estimate of drug-likeness (QED) is 0.798. The van der Waals surface area contributed by atoms with E-state index in [4.69, 9.17) is 16.3 Å². The highest BCUT2D eigenvalue weighted by atomic mass is 35.5. The number of ether oxygens (including phenoxy) is 1. The molecule has 3 nitrogen and oxygen atoms in total. The van der Waals surface area contributed by atoms with Crippen LogP contribution in [0.3, 0.4) is 0 Å². The Kier molecular flexibility index (Phi) is 4.17. The number of aryl methyl sites for hydroxylation is 1. The van der Waals surface area contributed by atoms with Gasteiger partial charge in [0, 0.05) is 10.6 Å². The first-order valence-electron chi connectivity index (χ1n) is 6.03. The molecular formula is C15H14ClNO2. The second kappa shape index (κ2) is 5.85. The Hall–Kier alpha value is -1.87. The van der Waals surface area contributed by atoms with Gasteiger partial charge >= 0.3 is 5.97 Å². The predicted molar refractivity (Wildman–Crippen MR) is 75.4 cm³/mol. The van der Waals surface area contributed by atoms with Gasteiger partial charge in [-0.3, -0.25) is 4.98 Å². The van der Waals surface area contributed by atoms with Crippen LogP contribution >= 0.6 is 11.6 Å². The second-order valence-electron chi connectivity index (χ2n) is 4.03. The summed E-state index contributed by atoms with van der Waals surface area (Å²) < 4.78 is 4.97. The minimum Gasteiger partial charge on any atom is -0.462 e. The van der Waals surface area contributed by atoms with Gasteiger partial charge in [-0.1, -0.05) is 29.8 Å². The van der Waals surface area contributed by atoms with E-state index in [-0.39, 0.29) is 5.97 Å². The zero-order valence-electron chi connectivity index (χ0n) is 10.8. The maximum Gasteiger partial charge on any atom is 0.339 e. The highest BCUT2D eigenvalue weighted by molar-refractivity contribution is 6.33. The van der Waals surface area contributed by atoms with Crippen LogP contribution in [0.15, 0.2) is 36.4 Å². The third-order valence-electron chi connectivity index (χ3n) is 2.73. The number of rotatable bonds is 3. The van der Waals surface area contributed by atoms with Crippen LogP contribution in [0, 0.1) is 6.92 Å². The van der Waals surface area contributed by atoms with Crippen LogP contribution in [-0.2, 0) is 4.74 Å². The van der Waals surface area contributed by atoms with E-state index in [9.17, 15) is 4.79 Å². The molecule has 0 fully saturated rings. The summed E-state index contributed by atoms with van der Waals surface area (Å²) >= 11 is 6.13. The summed E-state index contributed by atoms with van der Waals surface area (Å²) in [5.41, 5.74) is 2.72. The molecule has 0 bridgehead atoms. The van der Waals surface area contributed by atoms with Gasteiger partial charge in [-0.15, -0.1) is 0 Å². The van der Waals surface area contributed by atoms with E-state index in [0.29, 0.717) is 22.9 Å². The van der Waals surface area contributed by atoms with Crippen molar-refractivity contribution >= 4 is 17.6 Å². The maximum atomic E-state index is 11.7. The molecule has 0 spiro atoms. The summed E-state index contributed by atoms with van der Waals surface area (Å²) in [5.74, 6) is -0.349. The summed E-state index contributed by atoms with van der Waals surface area (Å²) in [6.45, 7) is 3.91. The fourth-order valence-electron chi connectivity index (χ4n) is 1.80. The highest BCUT2D eigenvalue weighted by Crippen LogP contribution is 2.26. The molecule has 0 amide bonds. The van der Waals surface area contributed by atoms with Crippen LogP contribution in [0.2, 0.25) is 5.02 Å². The molecule has 19 heavy (non-hydrogen) atoms. The third kappa shape index (κ3) is 2.93. The van der Waals surface area contributed by atoms with Crippen LogP contribution < -0.4 is 0 Å². The largest absolute Gasteiger partial charge is 0.462 e. The lowest BCUT2D eigenvalue weighted by Crippen LogP contribution is -2.08. The Morgan fingerprint density at radius 3 is 2.63 bits per heavy atom. The van der Waals surface area contributed by atoms with Crippen LogP contribution in [0.5, 0.6) is 0 Å². The van der Waals surface area contributed by atoms with Crippen molar-refractivity contribution in [3.63, 3.8) is 0 Å². The van der Waals surface area contributed by atoms with Gasteiger partial charge in [-0.05, 0) is 32.0 Å². The van der Waals surface area contributed by atoms with Gasteiger partial charge in [-0.25, -0.2) is 4.79 Å². The number of esters is 1. The molecule has 1 aromatic heterocycles. The maximum absolute atomic E-state index is 11.7. The van der Waals surface area contributed by atoms with Crippen molar-refractivity contribution in [2.75, 3.05) is 6.61 Å². The van der Waals surface area contributed by atoms with E-state index in [0.717, 1.165) is 11.3 Å². The summed E-state index contributed by atoms with van der Waals surface area (Å²) in [6, 6.07) is 11.0. The van der Waals surface area contributed by atoms with Gasteiger partial charge in [0.15, 0.2) is 0 Å². The van der Waals surface area contributed by atoms with Gasteiger partial charge in [0.2, 0.25) is 0 Å². The average Bonchev–Trinajstić information content (AvgIpc) is 2.39. The molecule has 98 valence electrons. The Morgan fingerprint density at radius 1 is 1.26 bits per heavy atom. The smallest absolute Gasteiger partial charge is 0.339 e. The first-order chi connectivity index (χ1) is 9.13. The number of halogens is 1. The molecule has 0 radical (unpaired) electrons. The number of carbonyl (C=O) groups excluding carboxylic acids is 1. The van der Waals surface area contributed by atoms with Gasteiger partial charge in [0.05, 0.1) is 23.6 Å². The standard InChI is InChI=1S/C15H14ClNO2/c1-3-19-15(18)11-8-9-14(17-10(11)2)12-6-4-5-7-13(12)16/h4-9H,3H2,1-2H3. The van der Waals surface area contributed by atoms with E-state index in [1.807, 2.05) is 24.3 Å². The average molecular weight is 276 g/mol. The van der Waals surface area contributed by atoms with Crippen LogP contribution in [0.4, 0.5) is 0 Å². The van der Waals surface area contributed by atoms with Crippen LogP contribution in [0.1, 0.15) is 23.0 Å². The van der Waals surface area contributed by atoms with E-state index < -0.39 is 0 Å². The molecule has 0 aliphatic heterocycles. The number of aromatic nitrogens is 1. The van der Waals surface area contributed by atoms with E-state index in [1.54, 1.807) is 26.0 Å². The monoisotopic (exact) mass is 275 g/mol. The molecule has 0 unspecified atom stereocenters. The normalized spacial score (nSPS) is 10.3. The van der Waals surface area contributed by atoms with Gasteiger partial charge < -0.3 is 4.74 Å². The second-order valence-corrected chi connectivity index (χ2v) is 4.44. The fraction of sp³-hybridized carbons (Fsp3) is 0.200. The molecule has 2 rings (SSSR count). The minimum atomic E-state index is -0.349. The molecule has 1 aromatic carbocycles. The Morgan fingerprint density at radius 2 is 2.00 bits per heavy atom. The molecule has 0 aliphatic rings. The summed E-state index contributed by atoms with van der Waals surface area (Å²) in [7, 11) is 0. The number of carbonyl (C=O) groups is 1. The molecule has 0 saturated heterocycles. The molecule has 0 aliphatic carbocycles. The third-order valence-corrected chi connectivity index (χ3v) is 3.06. The van der Waals surface area contributed by atoms with Crippen molar-refractivity contribution in [3.05, 3.63) is 52.7 Å². The molecule has 0 N–H and O–H groups in total. The number of nitrogens with zero attached hydrogens (tertiary/aromatic N) is 1. The first-order valence-corrected chi connectivity index (χ1v) is 6.41. The molecule has 4 heteroatoms. The highest BCUT2D eigenvalue weighted by Gasteiger charge is 2.13. The molecular weight excluding hydrogens is 262 g/mol. The molecule has 0 atom stereocenters. The minimum absolute atomic E-state index is 0.349. The van der Waals surface area contributed by atoms with E-state index >= 15 is 0 Å². The first kappa shape index (κ1) is 13.6. The lowest BCUT2D eigenvalue weighted by atomic mass is 10.1. The summed E-state index contributed by atoms with van der Waals surface area (Å²) in [6.07, 6.45) is 0. The number of hydrogen-bond donors (Lipinski definition) is 0. The van der Waals surface area contributed by atoms with Crippen molar-refractivity contribution in [2.45, 2.75) is 13.8 Å². The van der Waals surface area contributed by atoms with Gasteiger partial charge in [0.25, 0.3) is 0 Å². The van der Waals surface area contributed by atoms with Crippen LogP contribution in [-0.4, -0.2) is 17.6 Å². The molecule has 0 saturated carbocycles. The molecule has 1 heterocycles. The predicted octanol–water partition coefficient (Wildman–Crippen LogP) is 3.89. The topological polar surface area (TPSA) is 39.2 Å². The van der Waals surface area contributed by atoms with E-state index in [2.05, 4.69) is 4.98 Å². The lowest BCUT2D eigenvalue weighted by molar-refractivity contribution is 0.0525. The Bertz CT molecular complexity index is 611.